The highest BCUT2D eigenvalue weighted by atomic mass is 16.5. The zero-order chi connectivity index (χ0) is 17.9. The lowest BCUT2D eigenvalue weighted by atomic mass is 10.0. The van der Waals surface area contributed by atoms with Crippen LogP contribution in [0.15, 0.2) is 18.2 Å². The molecule has 7 nitrogen and oxygen atoms in total. The fourth-order valence-corrected chi connectivity index (χ4v) is 2.52. The number of fused-ring (bicyclic) bond motifs is 1. The molecule has 1 atom stereocenters. The van der Waals surface area contributed by atoms with Crippen LogP contribution < -0.4 is 20.7 Å². The van der Waals surface area contributed by atoms with Crippen molar-refractivity contribution in [2.24, 2.45) is 5.73 Å². The van der Waals surface area contributed by atoms with Gasteiger partial charge < -0.3 is 20.5 Å². The Balaban J connectivity index is 2.29. The second-order valence-electron chi connectivity index (χ2n) is 6.36. The topological polar surface area (TPSA) is 93.9 Å². The molecule has 132 valence electrons. The van der Waals surface area contributed by atoms with Crippen molar-refractivity contribution in [3.05, 3.63) is 23.8 Å². The molecule has 1 aromatic carbocycles. The average molecular weight is 335 g/mol. The normalized spacial score (nSPS) is 17.0. The Morgan fingerprint density at radius 1 is 1.46 bits per heavy atom. The van der Waals surface area contributed by atoms with E-state index in [1.54, 1.807) is 33.1 Å². The minimum Gasteiger partial charge on any atom is -0.476 e. The Labute approximate surface area is 142 Å². The number of rotatable bonds is 6. The van der Waals surface area contributed by atoms with Crippen LogP contribution in [0.2, 0.25) is 0 Å². The van der Waals surface area contributed by atoms with Crippen molar-refractivity contribution in [1.29, 1.82) is 0 Å². The molecular weight excluding hydrogens is 310 g/mol. The monoisotopic (exact) mass is 335 g/mol. The number of hydrogen-bond acceptors (Lipinski definition) is 5. The lowest BCUT2D eigenvalue weighted by Crippen LogP contribution is -2.55. The van der Waals surface area contributed by atoms with Crippen LogP contribution in [0, 0.1) is 0 Å². The number of carbonyl (C=O) groups excluding carboxylic acids is 2. The minimum atomic E-state index is -1.03. The predicted molar refractivity (Wildman–Crippen MR) is 91.0 cm³/mol. The number of nitrogens with two attached hydrogens (primary N) is 1. The fraction of sp³-hybridized carbons (Fsp3) is 0.529. The molecule has 0 radical (unpaired) electrons. The largest absolute Gasteiger partial charge is 0.476 e. The molecule has 3 N–H and O–H groups in total. The molecule has 24 heavy (non-hydrogen) atoms. The van der Waals surface area contributed by atoms with Crippen LogP contribution in [-0.4, -0.2) is 44.2 Å². The molecule has 1 aliphatic heterocycles. The number of carbonyl (C=O) groups is 2. The lowest BCUT2D eigenvalue weighted by molar-refractivity contribution is -0.134. The first-order valence-electron chi connectivity index (χ1n) is 7.92. The molecule has 1 heterocycles. The second kappa shape index (κ2) is 7.19. The SMILES string of the molecule is COCCNC(=O)CN1C(=O)C(C)(C)Oc2ccc(C(C)N)cc21. The number of nitrogens with zero attached hydrogens (tertiary/aromatic N) is 1. The van der Waals surface area contributed by atoms with E-state index in [1.807, 2.05) is 13.0 Å². The summed E-state index contributed by atoms with van der Waals surface area (Å²) in [6, 6.07) is 5.28. The molecular formula is C17H25N3O4. The minimum absolute atomic E-state index is 0.0786. The van der Waals surface area contributed by atoms with Gasteiger partial charge in [0.1, 0.15) is 12.3 Å². The highest BCUT2D eigenvalue weighted by Gasteiger charge is 2.41. The van der Waals surface area contributed by atoms with E-state index in [9.17, 15) is 9.59 Å². The van der Waals surface area contributed by atoms with Gasteiger partial charge in [-0.15, -0.1) is 0 Å². The van der Waals surface area contributed by atoms with Gasteiger partial charge >= 0.3 is 0 Å². The van der Waals surface area contributed by atoms with Crippen LogP contribution in [0.25, 0.3) is 0 Å². The molecule has 1 aliphatic rings. The number of methoxy groups -OCH3 is 1. The fourth-order valence-electron chi connectivity index (χ4n) is 2.52. The Morgan fingerprint density at radius 2 is 2.17 bits per heavy atom. The Morgan fingerprint density at radius 3 is 2.79 bits per heavy atom. The first kappa shape index (κ1) is 18.2. The highest BCUT2D eigenvalue weighted by molar-refractivity contribution is 6.05. The number of amides is 2. The number of nitrogens with one attached hydrogen (secondary N) is 1. The molecule has 0 aromatic heterocycles. The number of ether oxygens (including phenoxy) is 2. The maximum atomic E-state index is 12.7. The second-order valence-corrected chi connectivity index (χ2v) is 6.36. The maximum absolute atomic E-state index is 12.7. The van der Waals surface area contributed by atoms with Gasteiger partial charge in [-0.1, -0.05) is 6.07 Å². The molecule has 0 spiro atoms. The van der Waals surface area contributed by atoms with Gasteiger partial charge in [0, 0.05) is 19.7 Å². The van der Waals surface area contributed by atoms with Crippen molar-refractivity contribution in [2.75, 3.05) is 31.7 Å². The Kier molecular flexibility index (Phi) is 5.46. The molecule has 0 saturated heterocycles. The predicted octanol–water partition coefficient (Wildman–Crippen LogP) is 0.973. The lowest BCUT2D eigenvalue weighted by Gasteiger charge is -2.38. The van der Waals surface area contributed by atoms with Crippen molar-refractivity contribution in [3.63, 3.8) is 0 Å². The van der Waals surface area contributed by atoms with E-state index < -0.39 is 5.60 Å². The summed E-state index contributed by atoms with van der Waals surface area (Å²) in [5, 5.41) is 2.72. The van der Waals surface area contributed by atoms with Crippen molar-refractivity contribution in [1.82, 2.24) is 5.32 Å². The molecule has 1 unspecified atom stereocenters. The molecule has 0 fully saturated rings. The summed E-state index contributed by atoms with van der Waals surface area (Å²) in [7, 11) is 1.56. The van der Waals surface area contributed by atoms with Gasteiger partial charge in [-0.25, -0.2) is 0 Å². The van der Waals surface area contributed by atoms with Crippen molar-refractivity contribution < 1.29 is 19.1 Å². The van der Waals surface area contributed by atoms with Gasteiger partial charge in [0.15, 0.2) is 5.60 Å². The third kappa shape index (κ3) is 3.85. The molecule has 1 aromatic rings. The molecule has 7 heteroatoms. The highest BCUT2D eigenvalue weighted by Crippen LogP contribution is 2.39. The van der Waals surface area contributed by atoms with Gasteiger partial charge in [-0.2, -0.15) is 0 Å². The quantitative estimate of drug-likeness (QED) is 0.756. The van der Waals surface area contributed by atoms with Crippen molar-refractivity contribution >= 4 is 17.5 Å². The summed E-state index contributed by atoms with van der Waals surface area (Å²) in [4.78, 5) is 26.3. The molecule has 0 saturated carbocycles. The summed E-state index contributed by atoms with van der Waals surface area (Å²) < 4.78 is 10.7. The number of benzene rings is 1. The van der Waals surface area contributed by atoms with E-state index in [-0.39, 0.29) is 24.4 Å². The van der Waals surface area contributed by atoms with E-state index in [2.05, 4.69) is 5.32 Å². The zero-order valence-corrected chi connectivity index (χ0v) is 14.6. The Hall–Kier alpha value is -2.12. The number of hydrogen-bond donors (Lipinski definition) is 2. The molecule has 0 aliphatic carbocycles. The third-order valence-corrected chi connectivity index (χ3v) is 3.85. The molecule has 2 amide bonds. The number of anilines is 1. The molecule has 2 rings (SSSR count). The van der Waals surface area contributed by atoms with Crippen LogP contribution >= 0.6 is 0 Å². The van der Waals surface area contributed by atoms with E-state index in [4.69, 9.17) is 15.2 Å². The van der Waals surface area contributed by atoms with E-state index in [0.717, 1.165) is 5.56 Å². The van der Waals surface area contributed by atoms with E-state index >= 15 is 0 Å². The average Bonchev–Trinajstić information content (AvgIpc) is 2.51. The van der Waals surface area contributed by atoms with Gasteiger partial charge in [0.2, 0.25) is 5.91 Å². The summed E-state index contributed by atoms with van der Waals surface area (Å²) in [5.41, 5.74) is 6.33. The standard InChI is InChI=1S/C17H25N3O4/c1-11(18)12-5-6-14-13(9-12)20(16(22)17(2,3)24-14)10-15(21)19-7-8-23-4/h5-6,9,11H,7-8,10,18H2,1-4H3,(H,19,21). The van der Waals surface area contributed by atoms with Crippen LogP contribution in [-0.2, 0) is 14.3 Å². The van der Waals surface area contributed by atoms with Gasteiger partial charge in [0.05, 0.1) is 12.3 Å². The third-order valence-electron chi connectivity index (χ3n) is 3.85. The summed E-state index contributed by atoms with van der Waals surface area (Å²) in [6.45, 7) is 5.97. The van der Waals surface area contributed by atoms with Crippen LogP contribution in [0.5, 0.6) is 5.75 Å². The smallest absolute Gasteiger partial charge is 0.271 e. The first-order chi connectivity index (χ1) is 11.3. The van der Waals surface area contributed by atoms with Crippen LogP contribution in [0.1, 0.15) is 32.4 Å². The summed E-state index contributed by atoms with van der Waals surface area (Å²) in [6.07, 6.45) is 0. The summed E-state index contributed by atoms with van der Waals surface area (Å²) in [5.74, 6) is 0.0441. The van der Waals surface area contributed by atoms with Gasteiger partial charge in [-0.05, 0) is 38.5 Å². The zero-order valence-electron chi connectivity index (χ0n) is 14.6. The first-order valence-corrected chi connectivity index (χ1v) is 7.92. The van der Waals surface area contributed by atoms with E-state index in [0.29, 0.717) is 24.6 Å². The van der Waals surface area contributed by atoms with Crippen molar-refractivity contribution in [2.45, 2.75) is 32.4 Å². The van der Waals surface area contributed by atoms with Crippen LogP contribution in [0.3, 0.4) is 0 Å². The van der Waals surface area contributed by atoms with E-state index in [1.165, 1.54) is 4.90 Å². The molecule has 0 bridgehead atoms. The van der Waals surface area contributed by atoms with Crippen molar-refractivity contribution in [3.8, 4) is 5.75 Å². The Bertz CT molecular complexity index is 628. The maximum Gasteiger partial charge on any atom is 0.271 e. The summed E-state index contributed by atoms with van der Waals surface area (Å²) >= 11 is 0. The van der Waals surface area contributed by atoms with Gasteiger partial charge in [-0.3, -0.25) is 14.5 Å². The van der Waals surface area contributed by atoms with Crippen LogP contribution in [0.4, 0.5) is 5.69 Å². The van der Waals surface area contributed by atoms with Gasteiger partial charge in [0.25, 0.3) is 5.91 Å².